The maximum absolute atomic E-state index is 13.0. The maximum Gasteiger partial charge on any atom is 0.258 e. The molecule has 2 rings (SSSR count). The molecule has 6 heteroatoms. The van der Waals surface area contributed by atoms with Crippen molar-refractivity contribution >= 4 is 29.1 Å². The predicted molar refractivity (Wildman–Crippen MR) is 80.2 cm³/mol. The summed E-state index contributed by atoms with van der Waals surface area (Å²) in [5.74, 6) is -0.254. The zero-order valence-corrected chi connectivity index (χ0v) is 12.4. The van der Waals surface area contributed by atoms with E-state index in [-0.39, 0.29) is 24.9 Å². The van der Waals surface area contributed by atoms with Gasteiger partial charge < -0.3 is 10.1 Å². The summed E-state index contributed by atoms with van der Waals surface area (Å²) in [6.45, 7) is 0.0578. The highest BCUT2D eigenvalue weighted by atomic mass is 35.5. The molecule has 110 valence electrons. The van der Waals surface area contributed by atoms with Crippen molar-refractivity contribution in [1.82, 2.24) is 5.32 Å². The zero-order valence-electron chi connectivity index (χ0n) is 10.9. The molecule has 21 heavy (non-hydrogen) atoms. The second-order valence-electron chi connectivity index (χ2n) is 4.30. The van der Waals surface area contributed by atoms with Crippen LogP contribution < -0.4 is 10.1 Å². The molecule has 0 heterocycles. The van der Waals surface area contributed by atoms with Gasteiger partial charge in [-0.15, -0.1) is 0 Å². The Morgan fingerprint density at radius 3 is 2.52 bits per heavy atom. The number of benzene rings is 2. The van der Waals surface area contributed by atoms with Gasteiger partial charge in [0, 0.05) is 16.6 Å². The fraction of sp³-hybridized carbons (Fsp3) is 0.133. The lowest BCUT2D eigenvalue weighted by molar-refractivity contribution is -0.123. The van der Waals surface area contributed by atoms with Gasteiger partial charge in [-0.1, -0.05) is 35.3 Å². The SMILES string of the molecule is O=C(COc1cc(Cl)cc(Cl)c1)NCc1cccc(F)c1. The number of nitrogens with one attached hydrogen (secondary N) is 1. The number of ether oxygens (including phenoxy) is 1. The molecular weight excluding hydrogens is 316 g/mol. The van der Waals surface area contributed by atoms with Gasteiger partial charge in [-0.3, -0.25) is 4.79 Å². The first-order valence-electron chi connectivity index (χ1n) is 6.13. The predicted octanol–water partition coefficient (Wildman–Crippen LogP) is 3.83. The smallest absolute Gasteiger partial charge is 0.258 e. The largest absolute Gasteiger partial charge is 0.484 e. The lowest BCUT2D eigenvalue weighted by Gasteiger charge is -2.08. The van der Waals surface area contributed by atoms with E-state index in [0.29, 0.717) is 21.4 Å². The van der Waals surface area contributed by atoms with Gasteiger partial charge in [0.05, 0.1) is 0 Å². The molecule has 0 saturated heterocycles. The quantitative estimate of drug-likeness (QED) is 0.906. The first kappa shape index (κ1) is 15.6. The molecule has 0 fully saturated rings. The van der Waals surface area contributed by atoms with E-state index < -0.39 is 0 Å². The topological polar surface area (TPSA) is 38.3 Å². The Bertz CT molecular complexity index is 629. The average molecular weight is 328 g/mol. The van der Waals surface area contributed by atoms with Gasteiger partial charge in [0.1, 0.15) is 11.6 Å². The van der Waals surface area contributed by atoms with Crippen molar-refractivity contribution in [2.75, 3.05) is 6.61 Å². The van der Waals surface area contributed by atoms with E-state index in [1.165, 1.54) is 12.1 Å². The van der Waals surface area contributed by atoms with Crippen LogP contribution in [0.15, 0.2) is 42.5 Å². The van der Waals surface area contributed by atoms with E-state index in [1.807, 2.05) is 0 Å². The van der Waals surface area contributed by atoms with Gasteiger partial charge in [0.15, 0.2) is 6.61 Å². The molecule has 0 bridgehead atoms. The summed E-state index contributed by atoms with van der Waals surface area (Å²) in [5, 5.41) is 3.49. The third kappa shape index (κ3) is 5.25. The van der Waals surface area contributed by atoms with Crippen LogP contribution in [-0.4, -0.2) is 12.5 Å². The Morgan fingerprint density at radius 1 is 1.14 bits per heavy atom. The molecule has 0 unspecified atom stereocenters. The Hall–Kier alpha value is -1.78. The number of hydrogen-bond acceptors (Lipinski definition) is 2. The highest BCUT2D eigenvalue weighted by Gasteiger charge is 2.05. The van der Waals surface area contributed by atoms with Crippen molar-refractivity contribution in [2.24, 2.45) is 0 Å². The zero-order chi connectivity index (χ0) is 15.2. The van der Waals surface area contributed by atoms with Crippen LogP contribution in [0.3, 0.4) is 0 Å². The monoisotopic (exact) mass is 327 g/mol. The minimum atomic E-state index is -0.341. The molecule has 2 aromatic carbocycles. The van der Waals surface area contributed by atoms with E-state index in [4.69, 9.17) is 27.9 Å². The van der Waals surface area contributed by atoms with Gasteiger partial charge in [-0.2, -0.15) is 0 Å². The molecule has 1 amide bonds. The van der Waals surface area contributed by atoms with E-state index in [2.05, 4.69) is 5.32 Å². The van der Waals surface area contributed by atoms with E-state index in [0.717, 1.165) is 0 Å². The number of amides is 1. The molecule has 0 aliphatic carbocycles. The number of rotatable bonds is 5. The molecular formula is C15H12Cl2FNO2. The average Bonchev–Trinajstić information content (AvgIpc) is 2.42. The number of hydrogen-bond donors (Lipinski definition) is 1. The number of carbonyl (C=O) groups excluding carboxylic acids is 1. The van der Waals surface area contributed by atoms with Gasteiger partial charge >= 0.3 is 0 Å². The van der Waals surface area contributed by atoms with Crippen LogP contribution in [0.25, 0.3) is 0 Å². The van der Waals surface area contributed by atoms with E-state index in [1.54, 1.807) is 30.3 Å². The fourth-order valence-electron chi connectivity index (χ4n) is 1.66. The van der Waals surface area contributed by atoms with Crippen molar-refractivity contribution in [1.29, 1.82) is 0 Å². The summed E-state index contributed by atoms with van der Waals surface area (Å²) < 4.78 is 18.3. The van der Waals surface area contributed by atoms with Crippen LogP contribution in [-0.2, 0) is 11.3 Å². The third-order valence-electron chi connectivity index (χ3n) is 2.58. The van der Waals surface area contributed by atoms with E-state index >= 15 is 0 Å². The van der Waals surface area contributed by atoms with Crippen LogP contribution in [0.2, 0.25) is 10.0 Å². The van der Waals surface area contributed by atoms with Crippen LogP contribution in [0.1, 0.15) is 5.56 Å². The van der Waals surface area contributed by atoms with Crippen LogP contribution >= 0.6 is 23.2 Å². The van der Waals surface area contributed by atoms with E-state index in [9.17, 15) is 9.18 Å². The highest BCUT2D eigenvalue weighted by Crippen LogP contribution is 2.23. The number of carbonyl (C=O) groups is 1. The molecule has 0 saturated carbocycles. The summed E-state index contributed by atoms with van der Waals surface area (Å²) in [7, 11) is 0. The Kier molecular flexibility index (Phi) is 5.42. The summed E-state index contributed by atoms with van der Waals surface area (Å²) >= 11 is 11.6. The molecule has 1 N–H and O–H groups in total. The molecule has 0 aromatic heterocycles. The second kappa shape index (κ2) is 7.29. The van der Waals surface area contributed by atoms with Crippen molar-refractivity contribution in [2.45, 2.75) is 6.54 Å². The molecule has 0 spiro atoms. The van der Waals surface area contributed by atoms with Gasteiger partial charge in [0.2, 0.25) is 0 Å². The molecule has 0 aliphatic rings. The second-order valence-corrected chi connectivity index (χ2v) is 5.17. The van der Waals surface area contributed by atoms with Crippen LogP contribution in [0.4, 0.5) is 4.39 Å². The Morgan fingerprint density at radius 2 is 1.86 bits per heavy atom. The van der Waals surface area contributed by atoms with Crippen molar-refractivity contribution in [3.63, 3.8) is 0 Å². The van der Waals surface area contributed by atoms with Gasteiger partial charge in [-0.05, 0) is 35.9 Å². The van der Waals surface area contributed by atoms with Gasteiger partial charge in [-0.25, -0.2) is 4.39 Å². The molecule has 0 atom stereocenters. The summed E-state index contributed by atoms with van der Waals surface area (Å²) in [4.78, 5) is 11.6. The first-order valence-corrected chi connectivity index (χ1v) is 6.88. The van der Waals surface area contributed by atoms with Crippen LogP contribution in [0, 0.1) is 5.82 Å². The molecule has 2 aromatic rings. The van der Waals surface area contributed by atoms with Gasteiger partial charge in [0.25, 0.3) is 5.91 Å². The van der Waals surface area contributed by atoms with Crippen molar-refractivity contribution < 1.29 is 13.9 Å². The fourth-order valence-corrected chi connectivity index (χ4v) is 2.17. The lowest BCUT2D eigenvalue weighted by Crippen LogP contribution is -2.28. The lowest BCUT2D eigenvalue weighted by atomic mass is 10.2. The highest BCUT2D eigenvalue weighted by molar-refractivity contribution is 6.34. The van der Waals surface area contributed by atoms with Crippen LogP contribution in [0.5, 0.6) is 5.75 Å². The summed E-state index contributed by atoms with van der Waals surface area (Å²) in [5.41, 5.74) is 0.675. The molecule has 0 radical (unpaired) electrons. The number of halogens is 3. The summed E-state index contributed by atoms with van der Waals surface area (Å²) in [6, 6.07) is 10.7. The molecule has 0 aliphatic heterocycles. The normalized spacial score (nSPS) is 10.2. The standard InChI is InChI=1S/C15H12Cl2FNO2/c16-11-5-12(17)7-14(6-11)21-9-15(20)19-8-10-2-1-3-13(18)4-10/h1-7H,8-9H2,(H,19,20). The minimum Gasteiger partial charge on any atom is -0.484 e. The first-order chi connectivity index (χ1) is 10.0. The van der Waals surface area contributed by atoms with Crippen molar-refractivity contribution in [3.8, 4) is 5.75 Å². The maximum atomic E-state index is 13.0. The molecule has 3 nitrogen and oxygen atoms in total. The Labute approximate surface area is 131 Å². The third-order valence-corrected chi connectivity index (χ3v) is 3.02. The minimum absolute atomic E-state index is 0.175. The Balaban J connectivity index is 1.82. The van der Waals surface area contributed by atoms with Crippen molar-refractivity contribution in [3.05, 3.63) is 63.9 Å². The summed E-state index contributed by atoms with van der Waals surface area (Å²) in [6.07, 6.45) is 0.